The van der Waals surface area contributed by atoms with Gasteiger partial charge in [-0.25, -0.2) is 19.0 Å². The van der Waals surface area contributed by atoms with Crippen LogP contribution in [0, 0.1) is 34.5 Å². The third kappa shape index (κ3) is 17.9. The first-order chi connectivity index (χ1) is 59.5. The molecule has 8 heterocycles. The number of aliphatic hydroxyl groups excluding tert-OH is 1. The zero-order chi connectivity index (χ0) is 86.7. The number of ether oxygens (including phenoxy) is 2. The van der Waals surface area contributed by atoms with Crippen LogP contribution in [0.4, 0.5) is 0 Å². The third-order valence-corrected chi connectivity index (χ3v) is 28.4. The average Bonchev–Trinajstić information content (AvgIpc) is 0.859. The molecular formula is C92H110N16O16. The van der Waals surface area contributed by atoms with Crippen molar-refractivity contribution in [3.8, 4) is 11.5 Å². The Morgan fingerprint density at radius 3 is 1.40 bits per heavy atom. The smallest absolute Gasteiger partial charge is 0.326 e. The van der Waals surface area contributed by atoms with Crippen molar-refractivity contribution in [1.82, 2.24) is 82.3 Å². The summed E-state index contributed by atoms with van der Waals surface area (Å²) in [5, 5.41) is 105. The van der Waals surface area contributed by atoms with Crippen LogP contribution in [0.2, 0.25) is 0 Å². The number of aromatic nitrogens is 6. The second kappa shape index (κ2) is 34.7. The number of aliphatic hydroxyl groups is 3. The molecule has 32 nitrogen and oxygen atoms in total. The maximum absolute atomic E-state index is 16.2. The van der Waals surface area contributed by atoms with Crippen molar-refractivity contribution in [2.24, 2.45) is 34.5 Å². The number of carbonyl (C=O) groups excluding carboxylic acids is 7. The fourth-order valence-corrected chi connectivity index (χ4v) is 23.0. The summed E-state index contributed by atoms with van der Waals surface area (Å²) < 4.78 is 15.7. The van der Waals surface area contributed by atoms with Gasteiger partial charge in [0.05, 0.1) is 59.8 Å². The molecule has 2 aromatic heterocycles. The van der Waals surface area contributed by atoms with Gasteiger partial charge in [0, 0.05) is 50.6 Å². The Hall–Kier alpha value is -11.3. The zero-order valence-corrected chi connectivity index (χ0v) is 70.0. The van der Waals surface area contributed by atoms with E-state index in [2.05, 4.69) is 63.2 Å². The number of fused-ring (bicyclic) bond motifs is 2. The standard InChI is InChI=1S/C92H110N16O16/c1-51(93-3)79(109)99-77(89-35-57-25-58(36-89)40-91(121,39-57)49-89)85(115)105-45-67-33-75(105)83(113)95-71(31-55-13-19-61-9-5-7-11-63(61)27-55)81(111)97-73(87(117)118)29-53-17-23-70(24-18-53)124-48-66-44-108(104-102-66)68-34-76(106(46-68)86(116)78(100-80(110)52(2)94-4)90-37-59-26-60(38-90)42-92(122,41-59)50-90)84(114)96-72(32-56-14-20-62-10-6-8-12-64(62)28-56)82(112)98-74(88(119)120)30-54-15-21-69(22-16-54)123-47-65-43-107(67)103-101-65/h5-24,27-28,43-44,51-52,57-60,67-68,71-78,85,93-94,115,121-122H,25-26,29-42,45-50H2,1-4H3,(H,95,113)(H,96,114)(H,97,111)(H,98,112)(H,99,109)(H,100,110)(H,117,118)(H,119,120). The highest BCUT2D eigenvalue weighted by Gasteiger charge is 2.65. The van der Waals surface area contributed by atoms with Gasteiger partial charge in [-0.3, -0.25) is 38.5 Å². The van der Waals surface area contributed by atoms with Crippen molar-refractivity contribution in [2.45, 2.75) is 233 Å². The SMILES string of the molecule is CNC(C)C(=O)NC(C(=O)N1CC2CC1C(=O)NC(Cc1ccc3ccccc3c1)C(=O)NC(C(=O)O)Cc1ccc(cc1)OCc1cn(nn1)C1CC(C(=O)NC(Cc3ccc4ccccc4c3)C(=O)NC(C(=O)O)Cc3ccc(cc3)OCc3cn2nn3)N(C(O)C(NC(=O)C(C)NC)C23CC4CC(CC(O)(C4)C2)C3)C1)C12CC3CC(CC(O)(C3)C1)C2. The number of hydrogen-bond acceptors (Lipinski definition) is 21. The van der Waals surface area contributed by atoms with E-state index in [1.807, 2.05) is 84.9 Å². The molecule has 2 saturated heterocycles. The first-order valence-electron chi connectivity index (χ1n) is 43.6. The summed E-state index contributed by atoms with van der Waals surface area (Å²) in [7, 11) is 3.29. The lowest BCUT2D eigenvalue weighted by Gasteiger charge is -2.63. The Kier molecular flexibility index (Phi) is 23.7. The van der Waals surface area contributed by atoms with E-state index in [0.717, 1.165) is 34.4 Å². The summed E-state index contributed by atoms with van der Waals surface area (Å²) in [5.74, 6) is -5.98. The van der Waals surface area contributed by atoms with Crippen molar-refractivity contribution in [3.05, 3.63) is 179 Å². The average molecular weight is 1700 g/mol. The summed E-state index contributed by atoms with van der Waals surface area (Å²) in [6.07, 6.45) is 8.18. The number of carboxylic acids is 2. The van der Waals surface area contributed by atoms with Gasteiger partial charge in [0.15, 0.2) is 0 Å². The van der Waals surface area contributed by atoms with Crippen LogP contribution < -0.4 is 52.0 Å². The van der Waals surface area contributed by atoms with Gasteiger partial charge in [-0.05, 0) is 209 Å². The molecule has 14 aliphatic rings. The van der Waals surface area contributed by atoms with Crippen molar-refractivity contribution in [2.75, 3.05) is 27.2 Å². The number of nitrogens with one attached hydrogen (secondary N) is 8. The number of likely N-dealkylation sites (tertiary alicyclic amines) is 2. The topological polar surface area (TPSA) is 437 Å². The largest absolute Gasteiger partial charge is 0.487 e. The van der Waals surface area contributed by atoms with Gasteiger partial charge < -0.3 is 82.4 Å². The first-order valence-corrected chi connectivity index (χ1v) is 43.6. The van der Waals surface area contributed by atoms with Gasteiger partial charge >= 0.3 is 11.9 Å². The van der Waals surface area contributed by atoms with Crippen LogP contribution in [-0.4, -0.2) is 224 Å². The molecule has 10 fully saturated rings. The number of carboxylic acid groups (broad SMARTS) is 2. The number of nitrogens with zero attached hydrogens (tertiary/aromatic N) is 8. The highest BCUT2D eigenvalue weighted by Crippen LogP contribution is 2.65. The molecule has 7 amide bonds. The van der Waals surface area contributed by atoms with E-state index in [0.29, 0.717) is 103 Å². The molecule has 0 spiro atoms. The van der Waals surface area contributed by atoms with Crippen molar-refractivity contribution < 1.29 is 78.2 Å². The predicted octanol–water partition coefficient (Wildman–Crippen LogP) is 4.65. The van der Waals surface area contributed by atoms with E-state index in [9.17, 15) is 44.7 Å². The molecule has 17 atom stereocenters. The molecule has 17 unspecified atom stereocenters. The summed E-state index contributed by atoms with van der Waals surface area (Å²) in [4.78, 5) is 137. The molecule has 6 aromatic carbocycles. The van der Waals surface area contributed by atoms with Crippen LogP contribution in [0.1, 0.15) is 149 Å². The first kappa shape index (κ1) is 84.9. The van der Waals surface area contributed by atoms with E-state index >= 15 is 24.0 Å². The molecule has 13 N–H and O–H groups in total. The quantitative estimate of drug-likeness (QED) is 0.0590. The number of carbonyl (C=O) groups is 9. The minimum Gasteiger partial charge on any atom is -0.487 e. The lowest BCUT2D eigenvalue weighted by molar-refractivity contribution is -0.196. The second-order valence-corrected chi connectivity index (χ2v) is 37.3. The Balaban J connectivity index is 0.693. The second-order valence-electron chi connectivity index (χ2n) is 37.3. The molecular weight excluding hydrogens is 1590 g/mol. The minimum absolute atomic E-state index is 0.000398. The van der Waals surface area contributed by atoms with Gasteiger partial charge in [-0.15, -0.1) is 10.2 Å². The third-order valence-electron chi connectivity index (χ3n) is 28.4. The number of amides is 7. The number of benzene rings is 6. The Morgan fingerprint density at radius 1 is 0.508 bits per heavy atom. The fraction of sp³-hybridized carbons (Fsp3) is 0.511. The fourth-order valence-electron chi connectivity index (χ4n) is 23.0. The molecule has 20 bridgehead atoms. The van der Waals surface area contributed by atoms with Gasteiger partial charge in [0.2, 0.25) is 41.4 Å². The summed E-state index contributed by atoms with van der Waals surface area (Å²) in [6, 6.07) is 26.3. The number of hydrogen-bond donors (Lipinski definition) is 13. The van der Waals surface area contributed by atoms with Crippen LogP contribution in [0.25, 0.3) is 21.5 Å². The molecule has 654 valence electrons. The molecule has 124 heavy (non-hydrogen) atoms. The minimum atomic E-state index is -1.54. The molecule has 8 aromatic rings. The Labute approximate surface area is 717 Å². The van der Waals surface area contributed by atoms with Crippen LogP contribution in [0.3, 0.4) is 0 Å². The molecule has 0 radical (unpaired) electrons. The maximum atomic E-state index is 16.2. The molecule has 32 heteroatoms. The highest BCUT2D eigenvalue weighted by atomic mass is 16.5. The molecule has 6 aliphatic heterocycles. The van der Waals surface area contributed by atoms with Crippen molar-refractivity contribution >= 4 is 74.8 Å². The summed E-state index contributed by atoms with van der Waals surface area (Å²) >= 11 is 0. The van der Waals surface area contributed by atoms with Gasteiger partial charge in [0.25, 0.3) is 0 Å². The summed E-state index contributed by atoms with van der Waals surface area (Å²) in [6.45, 7) is 2.99. The van der Waals surface area contributed by atoms with Gasteiger partial charge in [-0.1, -0.05) is 120 Å². The normalized spacial score (nSPS) is 30.8. The number of likely N-dealkylation sites (N-methyl/N-ethyl adjacent to an activating group) is 2. The zero-order valence-electron chi connectivity index (χ0n) is 70.0. The monoisotopic (exact) mass is 1690 g/mol. The molecule has 22 rings (SSSR count). The van der Waals surface area contributed by atoms with E-state index < -0.39 is 148 Å². The van der Waals surface area contributed by atoms with Crippen molar-refractivity contribution in [3.63, 3.8) is 0 Å². The summed E-state index contributed by atoms with van der Waals surface area (Å²) in [5.41, 5.74) is -0.761. The van der Waals surface area contributed by atoms with Crippen LogP contribution >= 0.6 is 0 Å². The van der Waals surface area contributed by atoms with E-state index in [1.165, 1.54) is 4.90 Å². The number of aliphatic carboxylic acids is 2. The highest BCUT2D eigenvalue weighted by molar-refractivity contribution is 5.97. The van der Waals surface area contributed by atoms with Crippen LogP contribution in [0.15, 0.2) is 146 Å². The lowest BCUT2D eigenvalue weighted by Crippen LogP contribution is -2.69. The molecule has 8 aliphatic carbocycles. The predicted molar refractivity (Wildman–Crippen MR) is 452 cm³/mol. The molecule has 8 saturated carbocycles. The van der Waals surface area contributed by atoms with Crippen molar-refractivity contribution in [1.29, 1.82) is 0 Å². The van der Waals surface area contributed by atoms with Gasteiger partial charge in [0.1, 0.15) is 78.6 Å². The van der Waals surface area contributed by atoms with Crippen LogP contribution in [0.5, 0.6) is 11.5 Å². The van der Waals surface area contributed by atoms with E-state index in [1.54, 1.807) is 103 Å². The Morgan fingerprint density at radius 2 is 0.935 bits per heavy atom. The maximum Gasteiger partial charge on any atom is 0.326 e. The van der Waals surface area contributed by atoms with Gasteiger partial charge in [-0.2, -0.15) is 0 Å². The lowest BCUT2D eigenvalue weighted by atomic mass is 9.46. The number of rotatable bonds is 17. The van der Waals surface area contributed by atoms with E-state index in [-0.39, 0.29) is 101 Å². The van der Waals surface area contributed by atoms with E-state index in [4.69, 9.17) is 9.47 Å². The Bertz CT molecular complexity index is 5350. The van der Waals surface area contributed by atoms with Crippen LogP contribution in [-0.2, 0) is 82.0 Å².